The molecule has 0 spiro atoms. The molecule has 6 heterocycles. The third kappa shape index (κ3) is 26.7. The van der Waals surface area contributed by atoms with Gasteiger partial charge in [0.1, 0.15) is 134 Å². The number of nitrogens with two attached hydrogens (primary N) is 1. The summed E-state index contributed by atoms with van der Waals surface area (Å²) in [5, 5.41) is 57.0. The summed E-state index contributed by atoms with van der Waals surface area (Å²) in [6.45, 7) is -4.12. The predicted molar refractivity (Wildman–Crippen MR) is 319 cm³/mol. The molecule has 0 aliphatic carbocycles. The molecule has 6 saturated heterocycles. The van der Waals surface area contributed by atoms with Crippen LogP contribution < -0.4 is 26.8 Å². The van der Waals surface area contributed by atoms with Gasteiger partial charge in [0.25, 0.3) is 0 Å². The van der Waals surface area contributed by atoms with Gasteiger partial charge >= 0.3 is 0 Å². The highest BCUT2D eigenvalue weighted by Gasteiger charge is 2.61. The first kappa shape index (κ1) is 95.3. The van der Waals surface area contributed by atoms with E-state index in [4.69, 9.17) is 136 Å². The molecule has 30 atom stereocenters. The first-order valence-electron chi connectivity index (χ1n) is 30.4. The monoisotopic (exact) mass is 1710 g/mol. The molecule has 6 aliphatic heterocycles. The van der Waals surface area contributed by atoms with E-state index < -0.39 is 260 Å². The van der Waals surface area contributed by atoms with Crippen molar-refractivity contribution in [2.45, 2.75) is 184 Å². The van der Waals surface area contributed by atoms with E-state index in [1.807, 2.05) is 0 Å². The third-order valence-electron chi connectivity index (χ3n) is 16.4. The van der Waals surface area contributed by atoms with Crippen LogP contribution in [0.2, 0.25) is 0 Å². The lowest BCUT2D eigenvalue weighted by Crippen LogP contribution is -2.69. The number of ether oxygens (including phenoxy) is 23. The Morgan fingerprint density at radius 2 is 0.542 bits per heavy atom. The lowest BCUT2D eigenvalue weighted by molar-refractivity contribution is -0.778. The van der Waals surface area contributed by atoms with Gasteiger partial charge in [-0.1, -0.05) is 0 Å². The molecular formula is C48H80NO51S7-7. The Kier molecular flexibility index (Phi) is 42.4. The van der Waals surface area contributed by atoms with E-state index >= 15 is 0 Å². The molecule has 107 heavy (non-hydrogen) atoms. The largest absolute Gasteiger partial charge is 0.726 e. The van der Waals surface area contributed by atoms with Crippen LogP contribution in [0.3, 0.4) is 0 Å². The molecule has 0 aromatic heterocycles. The quantitative estimate of drug-likeness (QED) is 0.0148. The lowest BCUT2D eigenvalue weighted by atomic mass is 9.94. The van der Waals surface area contributed by atoms with Gasteiger partial charge in [-0.05, 0) is 0 Å². The van der Waals surface area contributed by atoms with Crippen molar-refractivity contribution in [2.75, 3.05) is 125 Å². The van der Waals surface area contributed by atoms with E-state index in [2.05, 4.69) is 45.9 Å². The zero-order valence-corrected chi connectivity index (χ0v) is 63.5. The van der Waals surface area contributed by atoms with Gasteiger partial charge in [0, 0.05) is 91.9 Å². The van der Waals surface area contributed by atoms with E-state index in [1.54, 1.807) is 0 Å². The van der Waals surface area contributed by atoms with Crippen molar-refractivity contribution < 1.29 is 236 Å². The average Bonchev–Trinajstić information content (AvgIpc) is 0.762. The molecule has 0 bridgehead atoms. The Morgan fingerprint density at radius 3 is 0.841 bits per heavy atom. The lowest BCUT2D eigenvalue weighted by Gasteiger charge is -2.52. The first-order chi connectivity index (χ1) is 51.2. The van der Waals surface area contributed by atoms with Crippen LogP contribution in [0, 0.1) is 0 Å². The summed E-state index contributed by atoms with van der Waals surface area (Å²) >= 11 is -1.66. The minimum absolute atomic E-state index is 0.0173. The summed E-state index contributed by atoms with van der Waals surface area (Å²) in [6.07, 6.45) is -48.8. The molecule has 59 heteroatoms. The standard InChI is InChI=1S/C48H87NO51S7/c1-63-14-20-26(32(67-5)37(70-8)43(74-12)78-20)85-45-40(73-11)34(69-7)28(22(80-45)16-65-3)86-46-39(72-10)33(68-6)27(21(79-46)15-64-2)84-44-38(71-9)31(66-4)25(19(13-49)77-44)83-48-42(92-107(60,61)62)35(89-102-98-94-51)29(23(81-48)17-75-105(54,55)56)87-47-41(91-104-100-96-53)36(90-103-99-95-52)30(88-101-97-93-50)24(82-47)18-76-106(57,58)59/h19-48,50-53H,13-18,49H2,1-12H3,(H,54,55,56)(H,57,58,59)(H,60,61,62)/p-7/t19?,20-,21?,22-,23?,24?,25+,26-,27+,28-,29-,30-,31+,32?,33+,34?,35?,36?,37?,38?,39?,40?,41?,42?,43+,44+,45-,46+,47-,48-/m1/s1. The van der Waals surface area contributed by atoms with Gasteiger partial charge in [-0.15, -0.1) is 17.3 Å². The van der Waals surface area contributed by atoms with Gasteiger partial charge < -0.3 is 149 Å². The minimum atomic E-state index is -6.17. The molecule has 14 unspecified atom stereocenters. The maximum atomic E-state index is 12.9. The van der Waals surface area contributed by atoms with Crippen LogP contribution >= 0.6 is 49.3 Å². The molecule has 632 valence electrons. The van der Waals surface area contributed by atoms with Crippen LogP contribution in [0.1, 0.15) is 0 Å². The Labute approximate surface area is 628 Å². The Bertz CT molecular complexity index is 2820. The van der Waals surface area contributed by atoms with Crippen molar-refractivity contribution in [2.24, 2.45) is 5.73 Å². The van der Waals surface area contributed by atoms with E-state index in [0.29, 0.717) is 0 Å². The summed E-state index contributed by atoms with van der Waals surface area (Å²) in [5.74, 6) is 0. The summed E-state index contributed by atoms with van der Waals surface area (Å²) in [5.41, 5.74) is 6.38. The summed E-state index contributed by atoms with van der Waals surface area (Å²) in [6, 6.07) is 0. The van der Waals surface area contributed by atoms with Crippen molar-refractivity contribution >= 4 is 80.5 Å². The van der Waals surface area contributed by atoms with Crippen LogP contribution in [0.15, 0.2) is 0 Å². The second-order valence-electron chi connectivity index (χ2n) is 22.1. The van der Waals surface area contributed by atoms with Crippen LogP contribution in [0.4, 0.5) is 0 Å². The van der Waals surface area contributed by atoms with Crippen molar-refractivity contribution in [3.63, 3.8) is 0 Å². The Morgan fingerprint density at radius 1 is 0.290 bits per heavy atom. The molecule has 0 amide bonds. The summed E-state index contributed by atoms with van der Waals surface area (Å²) in [7, 11) is -1.57. The number of hydrogen-bond acceptors (Lipinski definition) is 56. The molecule has 0 radical (unpaired) electrons. The molecule has 2 N–H and O–H groups in total. The van der Waals surface area contributed by atoms with Gasteiger partial charge in [0.15, 0.2) is 99.2 Å². The maximum absolute atomic E-state index is 12.9. The maximum Gasteiger partial charge on any atom is 0.218 e. The van der Waals surface area contributed by atoms with Crippen LogP contribution in [0.25, 0.3) is 0 Å². The predicted octanol–water partition coefficient (Wildman–Crippen LogP) is -8.59. The van der Waals surface area contributed by atoms with Crippen LogP contribution in [-0.2, 0) is 207 Å². The second kappa shape index (κ2) is 47.6. The Balaban J connectivity index is 1.35. The fourth-order valence-corrected chi connectivity index (χ4v) is 14.8. The Hall–Kier alpha value is -0.590. The first-order valence-corrected chi connectivity index (χ1v) is 37.0. The second-order valence-corrected chi connectivity index (χ2v) is 27.1. The van der Waals surface area contributed by atoms with E-state index in [1.165, 1.54) is 71.1 Å². The molecule has 0 aromatic rings. The molecule has 0 saturated carbocycles. The zero-order valence-electron chi connectivity index (χ0n) is 57.8. The highest BCUT2D eigenvalue weighted by Crippen LogP contribution is 2.43. The third-order valence-corrected chi connectivity index (χ3v) is 19.4. The van der Waals surface area contributed by atoms with Gasteiger partial charge in [0.05, 0.1) is 33.0 Å². The number of hydrogen-bond donors (Lipinski definition) is 1. The molecule has 6 aliphatic rings. The number of rotatable bonds is 50. The molecule has 6 fully saturated rings. The van der Waals surface area contributed by atoms with E-state index in [0.717, 1.165) is 14.2 Å². The SMILES string of the molecule is COCC1O[C@@H](O[C@H]2C(OC)C(OC)[C@@H](O[C@H]3C(OC)C(OC)[C@@H](OC)O[C@@H]3COC)O[C@@H]2COC)C(OC)[C@@H](OC)[C@H]1O[C@@H]1OC(CN)[C@H](O[C@H]2OC(COS(=O)(=O)[O-])[C@@H](O[C@H]3OC(COS(=O)(=O)[O-])[C@@H](OSOO[O-])C(OSOO[O-])C3OSOO[O-])C(OSOO[O-])C2OS(=O)(=O)[O-])[C@H](OC)C1OC. The molecular weight excluding hydrogens is 1630 g/mol. The van der Waals surface area contributed by atoms with Crippen molar-refractivity contribution in [3.05, 3.63) is 0 Å². The minimum Gasteiger partial charge on any atom is -0.726 e. The van der Waals surface area contributed by atoms with Gasteiger partial charge in [-0.2, -0.15) is 0 Å². The van der Waals surface area contributed by atoms with Gasteiger partial charge in [0.2, 0.25) is 31.2 Å². The fourth-order valence-electron chi connectivity index (χ4n) is 12.3. The van der Waals surface area contributed by atoms with E-state index in [-0.39, 0.29) is 44.5 Å². The highest BCUT2D eigenvalue weighted by atomic mass is 32.3. The highest BCUT2D eigenvalue weighted by molar-refractivity contribution is 7.90. The smallest absolute Gasteiger partial charge is 0.218 e. The summed E-state index contributed by atoms with van der Waals surface area (Å²) < 4.78 is 304. The zero-order chi connectivity index (χ0) is 78.8. The van der Waals surface area contributed by atoms with Gasteiger partial charge in [-0.3, -0.25) is 49.4 Å². The van der Waals surface area contributed by atoms with Gasteiger partial charge in [-0.25, -0.2) is 25.3 Å². The summed E-state index contributed by atoms with van der Waals surface area (Å²) in [4.78, 5) is 0. The van der Waals surface area contributed by atoms with Crippen molar-refractivity contribution in [1.82, 2.24) is 0 Å². The molecule has 52 nitrogen and oxygen atoms in total. The number of methoxy groups -OCH3 is 12. The normalized spacial score (nSPS) is 38.4. The average molecular weight is 1710 g/mol. The molecule has 6 rings (SSSR count). The van der Waals surface area contributed by atoms with Crippen LogP contribution in [-0.4, -0.2) is 348 Å². The molecule has 0 aromatic carbocycles. The fraction of sp³-hybridized carbons (Fsp3) is 1.00. The van der Waals surface area contributed by atoms with Crippen molar-refractivity contribution in [3.8, 4) is 0 Å². The van der Waals surface area contributed by atoms with Crippen LogP contribution in [0.5, 0.6) is 0 Å². The van der Waals surface area contributed by atoms with Crippen molar-refractivity contribution in [1.29, 1.82) is 0 Å². The topological polar surface area (TPSA) is 641 Å². The van der Waals surface area contributed by atoms with E-state index in [9.17, 15) is 59.9 Å².